The van der Waals surface area contributed by atoms with Gasteiger partial charge in [0.05, 0.1) is 6.07 Å². The van der Waals surface area contributed by atoms with Crippen molar-refractivity contribution in [3.8, 4) is 5.88 Å². The molecule has 0 fully saturated rings. The first kappa shape index (κ1) is 13.5. The number of rotatable bonds is 8. The maximum atomic E-state index is 11.0. The Morgan fingerprint density at radius 3 is 2.71 bits per heavy atom. The zero-order valence-corrected chi connectivity index (χ0v) is 10.3. The highest BCUT2D eigenvalue weighted by Gasteiger charge is 1.98. The maximum Gasteiger partial charge on any atom is 0.256 e. The normalized spacial score (nSPS) is 10.4. The molecule has 0 aliphatic rings. The zero-order valence-electron chi connectivity index (χ0n) is 10.3. The molecule has 1 aromatic rings. The van der Waals surface area contributed by atoms with E-state index in [1.165, 1.54) is 32.1 Å². The van der Waals surface area contributed by atoms with Gasteiger partial charge in [-0.1, -0.05) is 39.0 Å². The number of unbranched alkanes of at least 4 members (excludes halogenated alkanes) is 5. The number of nitrogens with zero attached hydrogens (tertiary/aromatic N) is 1. The van der Waals surface area contributed by atoms with Crippen LogP contribution in [0.4, 0.5) is 5.95 Å². The SMILES string of the molecule is CCCCCCCCNc1nc(O)cc(=O)[nH]1. The van der Waals surface area contributed by atoms with Gasteiger partial charge in [-0.2, -0.15) is 4.98 Å². The van der Waals surface area contributed by atoms with E-state index in [1.807, 2.05) is 0 Å². The van der Waals surface area contributed by atoms with E-state index < -0.39 is 0 Å². The van der Waals surface area contributed by atoms with Gasteiger partial charge in [-0.05, 0) is 6.42 Å². The molecule has 0 aliphatic carbocycles. The lowest BCUT2D eigenvalue weighted by Gasteiger charge is -2.05. The Hall–Kier alpha value is -1.52. The number of hydrogen-bond acceptors (Lipinski definition) is 4. The number of nitrogens with one attached hydrogen (secondary N) is 2. The molecule has 1 heterocycles. The van der Waals surface area contributed by atoms with E-state index >= 15 is 0 Å². The predicted octanol–water partition coefficient (Wildman–Crippen LogP) is 2.25. The topological polar surface area (TPSA) is 78.0 Å². The second-order valence-electron chi connectivity index (χ2n) is 4.15. The largest absolute Gasteiger partial charge is 0.493 e. The van der Waals surface area contributed by atoms with Gasteiger partial charge < -0.3 is 10.4 Å². The van der Waals surface area contributed by atoms with Crippen LogP contribution in [-0.2, 0) is 0 Å². The van der Waals surface area contributed by atoms with Crippen LogP contribution in [0.25, 0.3) is 0 Å². The summed E-state index contributed by atoms with van der Waals surface area (Å²) in [6, 6.07) is 1.05. The fourth-order valence-electron chi connectivity index (χ4n) is 1.64. The average Bonchev–Trinajstić information content (AvgIpc) is 2.26. The van der Waals surface area contributed by atoms with Crippen LogP contribution in [0.1, 0.15) is 45.4 Å². The molecule has 0 bridgehead atoms. The Bertz CT molecular complexity index is 376. The van der Waals surface area contributed by atoms with Crippen molar-refractivity contribution in [2.45, 2.75) is 45.4 Å². The molecule has 17 heavy (non-hydrogen) atoms. The lowest BCUT2D eigenvalue weighted by atomic mass is 10.1. The fraction of sp³-hybridized carbons (Fsp3) is 0.667. The van der Waals surface area contributed by atoms with Gasteiger partial charge in [0.1, 0.15) is 0 Å². The molecule has 5 nitrogen and oxygen atoms in total. The molecule has 96 valence electrons. The van der Waals surface area contributed by atoms with Gasteiger partial charge in [0.2, 0.25) is 11.8 Å². The minimum atomic E-state index is -0.344. The quantitative estimate of drug-likeness (QED) is 0.608. The van der Waals surface area contributed by atoms with E-state index in [0.717, 1.165) is 19.0 Å². The van der Waals surface area contributed by atoms with Crippen molar-refractivity contribution in [3.05, 3.63) is 16.4 Å². The summed E-state index contributed by atoms with van der Waals surface area (Å²) in [5, 5.41) is 12.1. The summed E-state index contributed by atoms with van der Waals surface area (Å²) in [4.78, 5) is 17.3. The van der Waals surface area contributed by atoms with Crippen molar-refractivity contribution in [1.29, 1.82) is 0 Å². The molecule has 1 aromatic heterocycles. The summed E-state index contributed by atoms with van der Waals surface area (Å²) in [7, 11) is 0. The van der Waals surface area contributed by atoms with Crippen LogP contribution >= 0.6 is 0 Å². The zero-order chi connectivity index (χ0) is 12.5. The van der Waals surface area contributed by atoms with Crippen LogP contribution in [0, 0.1) is 0 Å². The van der Waals surface area contributed by atoms with Crippen molar-refractivity contribution in [2.24, 2.45) is 0 Å². The summed E-state index contributed by atoms with van der Waals surface area (Å²) in [6.07, 6.45) is 7.32. The van der Waals surface area contributed by atoms with Gasteiger partial charge in [0.15, 0.2) is 0 Å². The molecule has 0 saturated heterocycles. The van der Waals surface area contributed by atoms with Crippen molar-refractivity contribution in [3.63, 3.8) is 0 Å². The molecule has 0 aliphatic heterocycles. The van der Waals surface area contributed by atoms with E-state index in [4.69, 9.17) is 5.11 Å². The number of H-pyrrole nitrogens is 1. The summed E-state index contributed by atoms with van der Waals surface area (Å²) in [6.45, 7) is 2.96. The first-order chi connectivity index (χ1) is 8.22. The lowest BCUT2D eigenvalue weighted by Crippen LogP contribution is -2.12. The average molecular weight is 239 g/mol. The minimum absolute atomic E-state index is 0.251. The highest BCUT2D eigenvalue weighted by molar-refractivity contribution is 5.26. The molecule has 3 N–H and O–H groups in total. The van der Waals surface area contributed by atoms with Crippen molar-refractivity contribution >= 4 is 5.95 Å². The van der Waals surface area contributed by atoms with Crippen molar-refractivity contribution < 1.29 is 5.11 Å². The highest BCUT2D eigenvalue weighted by atomic mass is 16.3. The van der Waals surface area contributed by atoms with Crippen LogP contribution < -0.4 is 10.9 Å². The van der Waals surface area contributed by atoms with Crippen LogP contribution in [-0.4, -0.2) is 21.6 Å². The summed E-state index contributed by atoms with van der Waals surface area (Å²) < 4.78 is 0. The highest BCUT2D eigenvalue weighted by Crippen LogP contribution is 2.06. The molecule has 0 spiro atoms. The molecule has 0 saturated carbocycles. The number of aromatic amines is 1. The van der Waals surface area contributed by atoms with Crippen molar-refractivity contribution in [2.75, 3.05) is 11.9 Å². The Morgan fingerprint density at radius 2 is 2.00 bits per heavy atom. The van der Waals surface area contributed by atoms with Crippen LogP contribution in [0.2, 0.25) is 0 Å². The third-order valence-electron chi connectivity index (χ3n) is 2.55. The number of anilines is 1. The van der Waals surface area contributed by atoms with Gasteiger partial charge in [0, 0.05) is 6.54 Å². The Kier molecular flexibility index (Phi) is 6.14. The number of aromatic hydroxyl groups is 1. The summed E-state index contributed by atoms with van der Waals surface area (Å²) in [5.41, 5.74) is -0.344. The maximum absolute atomic E-state index is 11.0. The van der Waals surface area contributed by atoms with Gasteiger partial charge in [0.25, 0.3) is 5.56 Å². The van der Waals surface area contributed by atoms with E-state index in [1.54, 1.807) is 0 Å². The first-order valence-electron chi connectivity index (χ1n) is 6.26. The number of aromatic nitrogens is 2. The molecular formula is C12H21N3O2. The van der Waals surface area contributed by atoms with Crippen molar-refractivity contribution in [1.82, 2.24) is 9.97 Å². The molecule has 5 heteroatoms. The summed E-state index contributed by atoms with van der Waals surface area (Å²) >= 11 is 0. The molecule has 0 unspecified atom stereocenters. The first-order valence-corrected chi connectivity index (χ1v) is 6.26. The summed E-state index contributed by atoms with van der Waals surface area (Å²) in [5.74, 6) is 0.0859. The third kappa shape index (κ3) is 5.94. The second-order valence-corrected chi connectivity index (χ2v) is 4.15. The van der Waals surface area contributed by atoms with Gasteiger partial charge >= 0.3 is 0 Å². The molecule has 0 amide bonds. The van der Waals surface area contributed by atoms with E-state index in [9.17, 15) is 4.79 Å². The third-order valence-corrected chi connectivity index (χ3v) is 2.55. The van der Waals surface area contributed by atoms with Gasteiger partial charge in [-0.3, -0.25) is 9.78 Å². The molecule has 0 radical (unpaired) electrons. The van der Waals surface area contributed by atoms with Crippen LogP contribution in [0.3, 0.4) is 0 Å². The minimum Gasteiger partial charge on any atom is -0.493 e. The molecular weight excluding hydrogens is 218 g/mol. The Balaban J connectivity index is 2.16. The predicted molar refractivity (Wildman–Crippen MR) is 68.4 cm³/mol. The molecule has 1 rings (SSSR count). The second kappa shape index (κ2) is 7.70. The van der Waals surface area contributed by atoms with Gasteiger partial charge in [-0.25, -0.2) is 0 Å². The lowest BCUT2D eigenvalue weighted by molar-refractivity contribution is 0.452. The molecule has 0 aromatic carbocycles. The van der Waals surface area contributed by atoms with E-state index in [-0.39, 0.29) is 11.4 Å². The fourth-order valence-corrected chi connectivity index (χ4v) is 1.64. The van der Waals surface area contributed by atoms with Crippen LogP contribution in [0.5, 0.6) is 5.88 Å². The van der Waals surface area contributed by atoms with E-state index in [0.29, 0.717) is 5.95 Å². The Labute approximate surface area is 101 Å². The van der Waals surface area contributed by atoms with E-state index in [2.05, 4.69) is 22.2 Å². The monoisotopic (exact) mass is 239 g/mol. The Morgan fingerprint density at radius 1 is 1.29 bits per heavy atom. The van der Waals surface area contributed by atoms with Crippen LogP contribution in [0.15, 0.2) is 10.9 Å². The number of hydrogen-bond donors (Lipinski definition) is 3. The molecule has 0 atom stereocenters. The van der Waals surface area contributed by atoms with Gasteiger partial charge in [-0.15, -0.1) is 0 Å². The smallest absolute Gasteiger partial charge is 0.256 e. The standard InChI is InChI=1S/C12H21N3O2/c1-2-3-4-5-6-7-8-13-12-14-10(16)9-11(17)15-12/h9H,2-8H2,1H3,(H3,13,14,15,16,17).